The minimum atomic E-state index is -3.06. The summed E-state index contributed by atoms with van der Waals surface area (Å²) in [5.41, 5.74) is 3.41. The first-order chi connectivity index (χ1) is 15.1. The predicted molar refractivity (Wildman–Crippen MR) is 118 cm³/mol. The van der Waals surface area contributed by atoms with Gasteiger partial charge in [-0.15, -0.1) is 0 Å². The van der Waals surface area contributed by atoms with Crippen molar-refractivity contribution in [1.29, 1.82) is 0 Å². The average Bonchev–Trinajstić information content (AvgIpc) is 3.33. The van der Waals surface area contributed by atoms with E-state index in [4.69, 9.17) is 4.74 Å². The number of amides is 1. The molecule has 2 aromatic rings. The molecular weight excluding hydrogens is 432 g/mol. The number of aryl methyl sites for hydroxylation is 1. The molecule has 0 N–H and O–H groups in total. The third-order valence-electron chi connectivity index (χ3n) is 6.05. The third-order valence-corrected chi connectivity index (χ3v) is 7.80. The average molecular weight is 457 g/mol. The fourth-order valence-corrected chi connectivity index (χ4v) is 6.20. The van der Waals surface area contributed by atoms with E-state index in [-0.39, 0.29) is 35.8 Å². The van der Waals surface area contributed by atoms with Gasteiger partial charge in [-0.1, -0.05) is 24.8 Å². The Morgan fingerprint density at radius 2 is 1.88 bits per heavy atom. The van der Waals surface area contributed by atoms with E-state index in [0.717, 1.165) is 5.69 Å². The first-order valence-electron chi connectivity index (χ1n) is 10.3. The monoisotopic (exact) mass is 456 g/mol. The van der Waals surface area contributed by atoms with Gasteiger partial charge >= 0.3 is 5.97 Å². The molecular formula is C23H24N2O6S. The smallest absolute Gasteiger partial charge is 0.326 e. The summed E-state index contributed by atoms with van der Waals surface area (Å²) < 4.78 is 30.7. The van der Waals surface area contributed by atoms with Gasteiger partial charge in [0.1, 0.15) is 6.54 Å². The Labute approximate surface area is 186 Å². The topological polar surface area (TPSA) is 103 Å². The van der Waals surface area contributed by atoms with Crippen molar-refractivity contribution in [2.24, 2.45) is 0 Å². The molecule has 0 bridgehead atoms. The molecule has 1 aromatic carbocycles. The minimum Gasteiger partial charge on any atom is -0.456 e. The summed E-state index contributed by atoms with van der Waals surface area (Å²) in [6.45, 7) is 6.66. The lowest BCUT2D eigenvalue weighted by atomic mass is 10.1. The summed E-state index contributed by atoms with van der Waals surface area (Å²) in [6, 6.07) is 8.45. The zero-order valence-corrected chi connectivity index (χ0v) is 18.8. The van der Waals surface area contributed by atoms with Crippen molar-refractivity contribution in [1.82, 2.24) is 9.47 Å². The quantitative estimate of drug-likeness (QED) is 0.488. The number of aromatic nitrogens is 1. The standard InChI is InChI=1S/C23H24N2O6S/c1-14-10-20(16(3)25(14)17-8-9-32(29,30)13-17)21(26)12-31-22(27)11-24-15(2)18-6-4-5-7-19(18)23(24)28/h4-7,10,17H,2,8-9,11-13H2,1,3H3/t17-/m1/s1. The van der Waals surface area contributed by atoms with Crippen LogP contribution in [0.25, 0.3) is 5.70 Å². The molecule has 8 nitrogen and oxygen atoms in total. The molecule has 0 spiro atoms. The van der Waals surface area contributed by atoms with Crippen LogP contribution in [0.3, 0.4) is 0 Å². The number of carbonyl (C=O) groups excluding carboxylic acids is 3. The second-order valence-corrected chi connectivity index (χ2v) is 10.4. The van der Waals surface area contributed by atoms with Crippen molar-refractivity contribution in [2.45, 2.75) is 26.3 Å². The van der Waals surface area contributed by atoms with Crippen LogP contribution in [0.1, 0.15) is 50.1 Å². The molecule has 9 heteroatoms. The number of benzene rings is 1. The molecule has 4 rings (SSSR count). The molecule has 2 aliphatic rings. The molecule has 0 unspecified atom stereocenters. The lowest BCUT2D eigenvalue weighted by Crippen LogP contribution is -2.31. The molecule has 0 aliphatic carbocycles. The van der Waals surface area contributed by atoms with Gasteiger partial charge in [-0.05, 0) is 32.4 Å². The molecule has 3 heterocycles. The van der Waals surface area contributed by atoms with Gasteiger partial charge in [-0.2, -0.15) is 0 Å². The van der Waals surface area contributed by atoms with E-state index >= 15 is 0 Å². The zero-order chi connectivity index (χ0) is 23.2. The van der Waals surface area contributed by atoms with Gasteiger partial charge < -0.3 is 9.30 Å². The van der Waals surface area contributed by atoms with Crippen LogP contribution in [-0.4, -0.2) is 60.2 Å². The number of esters is 1. The Bertz CT molecular complexity index is 1220. The summed E-state index contributed by atoms with van der Waals surface area (Å²) >= 11 is 0. The number of rotatable bonds is 6. The number of Topliss-reactive ketones (excluding diaryl/α,β-unsaturated/α-hetero) is 1. The molecule has 1 fully saturated rings. The van der Waals surface area contributed by atoms with Gasteiger partial charge in [-0.25, -0.2) is 8.42 Å². The fraction of sp³-hybridized carbons (Fsp3) is 0.348. The van der Waals surface area contributed by atoms with E-state index in [1.807, 2.05) is 11.5 Å². The maximum Gasteiger partial charge on any atom is 0.326 e. The molecule has 1 amide bonds. The van der Waals surface area contributed by atoms with E-state index in [0.29, 0.717) is 34.5 Å². The number of fused-ring (bicyclic) bond motifs is 1. The molecule has 0 radical (unpaired) electrons. The minimum absolute atomic E-state index is 0.0577. The van der Waals surface area contributed by atoms with Crippen molar-refractivity contribution in [3.63, 3.8) is 0 Å². The predicted octanol–water partition coefficient (Wildman–Crippen LogP) is 2.32. The second kappa shape index (κ2) is 8.05. The molecule has 1 aromatic heterocycles. The van der Waals surface area contributed by atoms with Gasteiger partial charge in [0.25, 0.3) is 5.91 Å². The Morgan fingerprint density at radius 1 is 1.19 bits per heavy atom. The Balaban J connectivity index is 1.39. The van der Waals surface area contributed by atoms with Crippen LogP contribution in [0, 0.1) is 13.8 Å². The summed E-state index contributed by atoms with van der Waals surface area (Å²) in [5.74, 6) is -1.23. The highest BCUT2D eigenvalue weighted by Crippen LogP contribution is 2.31. The Morgan fingerprint density at radius 3 is 2.50 bits per heavy atom. The van der Waals surface area contributed by atoms with E-state index in [1.165, 1.54) is 4.90 Å². The SMILES string of the molecule is C=C1c2ccccc2C(=O)N1CC(=O)OCC(=O)c1cc(C)n([C@@H]2CCS(=O)(=O)C2)c1C. The van der Waals surface area contributed by atoms with Gasteiger partial charge in [0.15, 0.2) is 16.4 Å². The van der Waals surface area contributed by atoms with Crippen LogP contribution in [0.5, 0.6) is 0 Å². The van der Waals surface area contributed by atoms with Crippen LogP contribution in [0.2, 0.25) is 0 Å². The molecule has 0 saturated carbocycles. The Hall–Kier alpha value is -3.20. The highest BCUT2D eigenvalue weighted by Gasteiger charge is 2.33. The number of ketones is 1. The van der Waals surface area contributed by atoms with Gasteiger partial charge in [0.2, 0.25) is 5.78 Å². The van der Waals surface area contributed by atoms with Crippen molar-refractivity contribution in [2.75, 3.05) is 24.7 Å². The van der Waals surface area contributed by atoms with E-state index in [9.17, 15) is 22.8 Å². The first kappa shape index (κ1) is 22.0. The highest BCUT2D eigenvalue weighted by atomic mass is 32.2. The highest BCUT2D eigenvalue weighted by molar-refractivity contribution is 7.91. The van der Waals surface area contributed by atoms with Crippen LogP contribution in [-0.2, 0) is 19.4 Å². The van der Waals surface area contributed by atoms with Crippen LogP contribution >= 0.6 is 0 Å². The molecule has 1 atom stereocenters. The fourth-order valence-electron chi connectivity index (χ4n) is 4.50. The maximum absolute atomic E-state index is 12.7. The van der Waals surface area contributed by atoms with Crippen molar-refractivity contribution in [3.8, 4) is 0 Å². The van der Waals surface area contributed by atoms with Crippen LogP contribution in [0.4, 0.5) is 0 Å². The summed E-state index contributed by atoms with van der Waals surface area (Å²) in [7, 11) is -3.06. The van der Waals surface area contributed by atoms with E-state index in [1.54, 1.807) is 37.3 Å². The Kier molecular flexibility index (Phi) is 5.54. The van der Waals surface area contributed by atoms with Gasteiger partial charge in [-0.3, -0.25) is 19.3 Å². The largest absolute Gasteiger partial charge is 0.456 e. The second-order valence-electron chi connectivity index (χ2n) is 8.18. The number of carbonyl (C=O) groups is 3. The van der Waals surface area contributed by atoms with Crippen molar-refractivity contribution < 1.29 is 27.5 Å². The maximum atomic E-state index is 12.7. The molecule has 168 valence electrons. The van der Waals surface area contributed by atoms with Crippen molar-refractivity contribution in [3.05, 3.63) is 65.0 Å². The third kappa shape index (κ3) is 3.88. The normalized spacial score (nSPS) is 19.3. The van der Waals surface area contributed by atoms with Gasteiger partial charge in [0.05, 0.1) is 11.5 Å². The number of ether oxygens (including phenoxy) is 1. The first-order valence-corrected chi connectivity index (χ1v) is 12.1. The molecule has 32 heavy (non-hydrogen) atoms. The summed E-state index contributed by atoms with van der Waals surface area (Å²) in [4.78, 5) is 38.8. The van der Waals surface area contributed by atoms with E-state index < -0.39 is 22.4 Å². The van der Waals surface area contributed by atoms with Crippen molar-refractivity contribution >= 4 is 33.2 Å². The number of hydrogen-bond acceptors (Lipinski definition) is 6. The van der Waals surface area contributed by atoms with Gasteiger partial charge in [0, 0.05) is 39.8 Å². The lowest BCUT2D eigenvalue weighted by molar-refractivity contribution is -0.142. The number of nitrogens with zero attached hydrogens (tertiary/aromatic N) is 2. The van der Waals surface area contributed by atoms with E-state index in [2.05, 4.69) is 6.58 Å². The number of hydrogen-bond donors (Lipinski definition) is 0. The lowest BCUT2D eigenvalue weighted by Gasteiger charge is -2.17. The zero-order valence-electron chi connectivity index (χ0n) is 18.0. The van der Waals surface area contributed by atoms with Crippen LogP contribution in [0.15, 0.2) is 36.9 Å². The number of sulfone groups is 1. The molecule has 1 saturated heterocycles. The van der Waals surface area contributed by atoms with Crippen LogP contribution < -0.4 is 0 Å². The summed E-state index contributed by atoms with van der Waals surface area (Å²) in [6.07, 6.45) is 0.511. The molecule has 2 aliphatic heterocycles. The summed E-state index contributed by atoms with van der Waals surface area (Å²) in [5, 5.41) is 0.